The summed E-state index contributed by atoms with van der Waals surface area (Å²) >= 11 is 3.41. The predicted molar refractivity (Wildman–Crippen MR) is 76.0 cm³/mol. The molecule has 0 amide bonds. The Bertz CT molecular complexity index is 357. The standard InChI is InChI=1S/C13H21BrN2O/c1-4-16(10(2)9-17-3)8-11-5-6-12(14)13(15)7-11/h5-7,10H,4,8-9,15H2,1-3H3. The van der Waals surface area contributed by atoms with E-state index >= 15 is 0 Å². The Balaban J connectivity index is 2.70. The molecule has 0 fully saturated rings. The summed E-state index contributed by atoms with van der Waals surface area (Å²) in [6.45, 7) is 6.99. The molecule has 0 aliphatic carbocycles. The molecule has 0 aromatic heterocycles. The van der Waals surface area contributed by atoms with Crippen molar-refractivity contribution in [1.29, 1.82) is 0 Å². The Morgan fingerprint density at radius 2 is 2.18 bits per heavy atom. The van der Waals surface area contributed by atoms with E-state index in [2.05, 4.69) is 40.7 Å². The maximum atomic E-state index is 5.88. The lowest BCUT2D eigenvalue weighted by Gasteiger charge is -2.27. The molecule has 17 heavy (non-hydrogen) atoms. The first-order valence-corrected chi connectivity index (χ1v) is 6.64. The molecule has 1 aromatic rings. The summed E-state index contributed by atoms with van der Waals surface area (Å²) in [5, 5.41) is 0. The molecule has 0 aliphatic heterocycles. The maximum Gasteiger partial charge on any atom is 0.0615 e. The van der Waals surface area contributed by atoms with Gasteiger partial charge in [0, 0.05) is 29.9 Å². The Morgan fingerprint density at radius 1 is 1.47 bits per heavy atom. The fourth-order valence-corrected chi connectivity index (χ4v) is 2.10. The van der Waals surface area contributed by atoms with E-state index in [9.17, 15) is 0 Å². The number of rotatable bonds is 6. The van der Waals surface area contributed by atoms with Gasteiger partial charge >= 0.3 is 0 Å². The lowest BCUT2D eigenvalue weighted by molar-refractivity contribution is 0.0982. The number of nitrogens with two attached hydrogens (primary N) is 1. The first-order chi connectivity index (χ1) is 8.08. The second kappa shape index (κ2) is 6.99. The summed E-state index contributed by atoms with van der Waals surface area (Å²) in [4.78, 5) is 2.37. The van der Waals surface area contributed by atoms with Gasteiger partial charge in [-0.1, -0.05) is 13.0 Å². The van der Waals surface area contributed by atoms with E-state index in [0.717, 1.165) is 29.9 Å². The molecule has 0 radical (unpaired) electrons. The van der Waals surface area contributed by atoms with E-state index in [0.29, 0.717) is 6.04 Å². The van der Waals surface area contributed by atoms with E-state index in [1.54, 1.807) is 7.11 Å². The minimum absolute atomic E-state index is 0.412. The van der Waals surface area contributed by atoms with E-state index in [1.807, 2.05) is 12.1 Å². The molecule has 0 aliphatic rings. The summed E-state index contributed by atoms with van der Waals surface area (Å²) < 4.78 is 6.15. The highest BCUT2D eigenvalue weighted by atomic mass is 79.9. The second-order valence-corrected chi connectivity index (χ2v) is 5.08. The van der Waals surface area contributed by atoms with Crippen LogP contribution in [-0.4, -0.2) is 31.2 Å². The summed E-state index contributed by atoms with van der Waals surface area (Å²) in [6.07, 6.45) is 0. The van der Waals surface area contributed by atoms with E-state index in [-0.39, 0.29) is 0 Å². The van der Waals surface area contributed by atoms with E-state index in [4.69, 9.17) is 10.5 Å². The monoisotopic (exact) mass is 300 g/mol. The van der Waals surface area contributed by atoms with Crippen LogP contribution in [0.2, 0.25) is 0 Å². The van der Waals surface area contributed by atoms with Crippen molar-refractivity contribution in [3.8, 4) is 0 Å². The smallest absolute Gasteiger partial charge is 0.0615 e. The molecular formula is C13H21BrN2O. The van der Waals surface area contributed by atoms with Crippen molar-refractivity contribution in [3.63, 3.8) is 0 Å². The fourth-order valence-electron chi connectivity index (χ4n) is 1.85. The van der Waals surface area contributed by atoms with Gasteiger partial charge < -0.3 is 10.5 Å². The van der Waals surface area contributed by atoms with Gasteiger partial charge in [-0.15, -0.1) is 0 Å². The van der Waals surface area contributed by atoms with Gasteiger partial charge in [-0.05, 0) is 47.1 Å². The summed E-state index contributed by atoms with van der Waals surface area (Å²) in [6, 6.07) is 6.53. The number of anilines is 1. The number of likely N-dealkylation sites (N-methyl/N-ethyl adjacent to an activating group) is 1. The highest BCUT2D eigenvalue weighted by Gasteiger charge is 2.12. The fraction of sp³-hybridized carbons (Fsp3) is 0.538. The number of ether oxygens (including phenoxy) is 1. The van der Waals surface area contributed by atoms with Gasteiger partial charge in [-0.2, -0.15) is 0 Å². The quantitative estimate of drug-likeness (QED) is 0.821. The number of halogens is 1. The van der Waals surface area contributed by atoms with Crippen LogP contribution in [0.1, 0.15) is 19.4 Å². The van der Waals surface area contributed by atoms with Gasteiger partial charge in [0.05, 0.1) is 6.61 Å². The molecule has 4 heteroatoms. The summed E-state index contributed by atoms with van der Waals surface area (Å²) in [7, 11) is 1.74. The Hall–Kier alpha value is -0.580. The zero-order valence-electron chi connectivity index (χ0n) is 10.7. The van der Waals surface area contributed by atoms with Crippen molar-refractivity contribution in [2.24, 2.45) is 0 Å². The Morgan fingerprint density at radius 3 is 2.71 bits per heavy atom. The second-order valence-electron chi connectivity index (χ2n) is 4.22. The highest BCUT2D eigenvalue weighted by molar-refractivity contribution is 9.10. The molecule has 3 nitrogen and oxygen atoms in total. The normalized spacial score (nSPS) is 13.0. The molecule has 0 bridgehead atoms. The van der Waals surface area contributed by atoms with Crippen LogP contribution >= 0.6 is 15.9 Å². The van der Waals surface area contributed by atoms with E-state index < -0.39 is 0 Å². The third kappa shape index (κ3) is 4.30. The molecule has 96 valence electrons. The average molecular weight is 301 g/mol. The third-order valence-corrected chi connectivity index (χ3v) is 3.61. The number of hydrogen-bond donors (Lipinski definition) is 1. The van der Waals surface area contributed by atoms with Gasteiger partial charge in [-0.25, -0.2) is 0 Å². The van der Waals surface area contributed by atoms with Crippen LogP contribution < -0.4 is 5.73 Å². The van der Waals surface area contributed by atoms with Crippen molar-refractivity contribution in [2.45, 2.75) is 26.4 Å². The van der Waals surface area contributed by atoms with Gasteiger partial charge in [0.2, 0.25) is 0 Å². The predicted octanol–water partition coefficient (Wildman–Crippen LogP) is 2.89. The van der Waals surface area contributed by atoms with Gasteiger partial charge in [0.25, 0.3) is 0 Å². The highest BCUT2D eigenvalue weighted by Crippen LogP contribution is 2.21. The molecule has 1 rings (SSSR count). The number of hydrogen-bond acceptors (Lipinski definition) is 3. The number of benzene rings is 1. The van der Waals surface area contributed by atoms with Crippen molar-refractivity contribution >= 4 is 21.6 Å². The molecule has 0 saturated heterocycles. The van der Waals surface area contributed by atoms with Crippen LogP contribution in [0.3, 0.4) is 0 Å². The summed E-state index contributed by atoms with van der Waals surface area (Å²) in [5.74, 6) is 0. The van der Waals surface area contributed by atoms with Gasteiger partial charge in [0.1, 0.15) is 0 Å². The topological polar surface area (TPSA) is 38.5 Å². The number of nitrogen functional groups attached to an aromatic ring is 1. The van der Waals surface area contributed by atoms with Crippen molar-refractivity contribution in [3.05, 3.63) is 28.2 Å². The van der Waals surface area contributed by atoms with E-state index in [1.165, 1.54) is 5.56 Å². The van der Waals surface area contributed by atoms with Gasteiger partial charge in [0.15, 0.2) is 0 Å². The molecule has 1 atom stereocenters. The zero-order valence-corrected chi connectivity index (χ0v) is 12.3. The van der Waals surface area contributed by atoms with Crippen LogP contribution in [0.25, 0.3) is 0 Å². The van der Waals surface area contributed by atoms with Gasteiger partial charge in [-0.3, -0.25) is 4.90 Å². The van der Waals surface area contributed by atoms with Crippen molar-refractivity contribution in [1.82, 2.24) is 4.90 Å². The lowest BCUT2D eigenvalue weighted by atomic mass is 10.1. The minimum atomic E-state index is 0.412. The zero-order chi connectivity index (χ0) is 12.8. The molecule has 0 saturated carbocycles. The third-order valence-electron chi connectivity index (χ3n) is 2.88. The summed E-state index contributed by atoms with van der Waals surface area (Å²) in [5.41, 5.74) is 7.90. The van der Waals surface area contributed by atoms with Crippen LogP contribution in [0.15, 0.2) is 22.7 Å². The lowest BCUT2D eigenvalue weighted by Crippen LogP contribution is -2.35. The SMILES string of the molecule is CCN(Cc1ccc(Br)c(N)c1)C(C)COC. The molecular weight excluding hydrogens is 280 g/mol. The first kappa shape index (κ1) is 14.5. The number of methoxy groups -OCH3 is 1. The van der Waals surface area contributed by atoms with Crippen LogP contribution in [0, 0.1) is 0 Å². The maximum absolute atomic E-state index is 5.88. The van der Waals surface area contributed by atoms with Crippen molar-refractivity contribution in [2.75, 3.05) is 26.0 Å². The van der Waals surface area contributed by atoms with Crippen LogP contribution in [-0.2, 0) is 11.3 Å². The number of nitrogens with zero attached hydrogens (tertiary/aromatic N) is 1. The largest absolute Gasteiger partial charge is 0.398 e. The Kier molecular flexibility index (Phi) is 5.95. The molecule has 0 heterocycles. The van der Waals surface area contributed by atoms with Crippen LogP contribution in [0.4, 0.5) is 5.69 Å². The Labute approximate surface area is 112 Å². The first-order valence-electron chi connectivity index (χ1n) is 5.85. The molecule has 1 unspecified atom stereocenters. The molecule has 0 spiro atoms. The van der Waals surface area contributed by atoms with Crippen molar-refractivity contribution < 1.29 is 4.74 Å². The van der Waals surface area contributed by atoms with Crippen LogP contribution in [0.5, 0.6) is 0 Å². The average Bonchev–Trinajstić information content (AvgIpc) is 2.30. The molecule has 1 aromatic carbocycles. The minimum Gasteiger partial charge on any atom is -0.398 e. The molecule has 2 N–H and O–H groups in total.